The molecule has 0 bridgehead atoms. The first kappa shape index (κ1) is 18.3. The van der Waals surface area contributed by atoms with E-state index in [2.05, 4.69) is 0 Å². The molecular weight excluding hydrogens is 284 g/mol. The molecule has 0 radical (unpaired) electrons. The van der Waals surface area contributed by atoms with Gasteiger partial charge in [0, 0.05) is 19.8 Å². The summed E-state index contributed by atoms with van der Waals surface area (Å²) in [6.07, 6.45) is 2.59. The van der Waals surface area contributed by atoms with Gasteiger partial charge in [0.15, 0.2) is 0 Å². The van der Waals surface area contributed by atoms with Crippen LogP contribution >= 0.6 is 0 Å². The number of aliphatic hydroxyl groups excluding tert-OH is 1. The zero-order chi connectivity index (χ0) is 15.6. The fraction of sp³-hybridized carbons (Fsp3) is 0.625. The second kappa shape index (κ2) is 10.1. The van der Waals surface area contributed by atoms with Crippen LogP contribution in [-0.4, -0.2) is 33.7 Å². The van der Waals surface area contributed by atoms with Gasteiger partial charge < -0.3 is 18.4 Å². The second-order valence-corrected chi connectivity index (χ2v) is 7.58. The van der Waals surface area contributed by atoms with Crippen molar-refractivity contribution in [3.63, 3.8) is 0 Å². The lowest BCUT2D eigenvalue weighted by Gasteiger charge is -2.33. The molecule has 0 aliphatic heterocycles. The van der Waals surface area contributed by atoms with E-state index in [0.717, 1.165) is 24.8 Å². The van der Waals surface area contributed by atoms with Gasteiger partial charge in [-0.05, 0) is 24.8 Å². The molecule has 0 aliphatic rings. The number of benzene rings is 1. The van der Waals surface area contributed by atoms with Crippen LogP contribution in [-0.2, 0) is 13.3 Å². The van der Waals surface area contributed by atoms with Gasteiger partial charge in [0.1, 0.15) is 5.73 Å². The van der Waals surface area contributed by atoms with E-state index in [0.29, 0.717) is 19.8 Å². The molecular formula is C16H28O4Si. The van der Waals surface area contributed by atoms with Gasteiger partial charge in [-0.15, -0.1) is 0 Å². The van der Waals surface area contributed by atoms with E-state index in [1.807, 2.05) is 51.1 Å². The Morgan fingerprint density at radius 1 is 0.857 bits per heavy atom. The van der Waals surface area contributed by atoms with Crippen molar-refractivity contribution >= 4 is 8.80 Å². The van der Waals surface area contributed by atoms with E-state index in [1.165, 1.54) is 0 Å². The lowest BCUT2D eigenvalue weighted by atomic mass is 10.2. The van der Waals surface area contributed by atoms with Crippen LogP contribution in [0.1, 0.15) is 51.3 Å². The maximum atomic E-state index is 10.8. The highest BCUT2D eigenvalue weighted by molar-refractivity contribution is 6.61. The number of hydrogen-bond donors (Lipinski definition) is 1. The number of hydrogen-bond acceptors (Lipinski definition) is 4. The molecule has 0 heterocycles. The smallest absolute Gasteiger partial charge is 0.384 e. The van der Waals surface area contributed by atoms with Gasteiger partial charge in [-0.25, -0.2) is 0 Å². The molecule has 0 spiro atoms. The van der Waals surface area contributed by atoms with Crippen LogP contribution in [0.15, 0.2) is 30.3 Å². The van der Waals surface area contributed by atoms with Crippen molar-refractivity contribution < 1.29 is 18.4 Å². The highest BCUT2D eigenvalue weighted by Crippen LogP contribution is 2.28. The topological polar surface area (TPSA) is 47.9 Å². The van der Waals surface area contributed by atoms with Crippen molar-refractivity contribution in [2.24, 2.45) is 0 Å². The predicted molar refractivity (Wildman–Crippen MR) is 85.9 cm³/mol. The molecule has 1 aromatic carbocycles. The van der Waals surface area contributed by atoms with Crippen molar-refractivity contribution in [2.75, 3.05) is 19.8 Å². The van der Waals surface area contributed by atoms with Gasteiger partial charge in [0.05, 0.1) is 0 Å². The minimum atomic E-state index is -3.15. The largest absolute Gasteiger partial charge is 0.535 e. The summed E-state index contributed by atoms with van der Waals surface area (Å²) >= 11 is 0. The third-order valence-electron chi connectivity index (χ3n) is 2.97. The monoisotopic (exact) mass is 312 g/mol. The van der Waals surface area contributed by atoms with Crippen molar-refractivity contribution in [1.82, 2.24) is 0 Å². The highest BCUT2D eigenvalue weighted by atomic mass is 28.4. The summed E-state index contributed by atoms with van der Waals surface area (Å²) in [4.78, 5) is 0. The third kappa shape index (κ3) is 5.52. The summed E-state index contributed by atoms with van der Waals surface area (Å²) in [5, 5.41) is 10.8. The zero-order valence-electron chi connectivity index (χ0n) is 13.4. The van der Waals surface area contributed by atoms with E-state index < -0.39 is 14.5 Å². The fourth-order valence-corrected chi connectivity index (χ4v) is 4.72. The standard InChI is InChI=1S/C16H28O4Si/c1-4-12-18-21(19-13-5-2,20-14-6-3)16(17)15-10-8-7-9-11-15/h7-11,16-17H,4-6,12-14H2,1-3H3. The zero-order valence-corrected chi connectivity index (χ0v) is 14.4. The first-order valence-electron chi connectivity index (χ1n) is 7.85. The normalized spacial score (nSPS) is 13.3. The molecule has 0 aliphatic carbocycles. The van der Waals surface area contributed by atoms with Crippen LogP contribution in [0.2, 0.25) is 0 Å². The van der Waals surface area contributed by atoms with Gasteiger partial charge in [-0.1, -0.05) is 51.1 Å². The Balaban J connectivity index is 2.99. The lowest BCUT2D eigenvalue weighted by Crippen LogP contribution is -2.52. The van der Waals surface area contributed by atoms with E-state index in [4.69, 9.17) is 13.3 Å². The fourth-order valence-electron chi connectivity index (χ4n) is 1.93. The summed E-state index contributed by atoms with van der Waals surface area (Å²) in [5.74, 6) is 0. The molecule has 5 heteroatoms. The molecule has 120 valence electrons. The van der Waals surface area contributed by atoms with Crippen LogP contribution in [0, 0.1) is 0 Å². The van der Waals surface area contributed by atoms with Gasteiger partial charge in [-0.2, -0.15) is 0 Å². The molecule has 0 aromatic heterocycles. The molecule has 0 saturated heterocycles. The first-order chi connectivity index (χ1) is 10.2. The van der Waals surface area contributed by atoms with Crippen molar-refractivity contribution in [2.45, 2.75) is 45.8 Å². The molecule has 4 nitrogen and oxygen atoms in total. The molecule has 1 N–H and O–H groups in total. The average molecular weight is 312 g/mol. The Morgan fingerprint density at radius 2 is 1.29 bits per heavy atom. The molecule has 21 heavy (non-hydrogen) atoms. The van der Waals surface area contributed by atoms with E-state index in [-0.39, 0.29) is 0 Å². The Morgan fingerprint density at radius 3 is 1.67 bits per heavy atom. The van der Waals surface area contributed by atoms with E-state index in [1.54, 1.807) is 0 Å². The Hall–Kier alpha value is -0.723. The summed E-state index contributed by atoms with van der Waals surface area (Å²) < 4.78 is 17.8. The van der Waals surface area contributed by atoms with Gasteiger partial charge in [0.2, 0.25) is 0 Å². The predicted octanol–water partition coefficient (Wildman–Crippen LogP) is 3.48. The molecule has 1 unspecified atom stereocenters. The number of aliphatic hydroxyl groups is 1. The molecule has 1 atom stereocenters. The first-order valence-corrected chi connectivity index (χ1v) is 9.65. The SMILES string of the molecule is CCCO[Si](OCCC)(OCCC)C(O)c1ccccc1. The van der Waals surface area contributed by atoms with Crippen LogP contribution in [0.5, 0.6) is 0 Å². The quantitative estimate of drug-likeness (QED) is 0.636. The maximum Gasteiger partial charge on any atom is 0.535 e. The molecule has 0 amide bonds. The lowest BCUT2D eigenvalue weighted by molar-refractivity contribution is 0.0130. The highest BCUT2D eigenvalue weighted by Gasteiger charge is 2.50. The summed E-state index contributed by atoms with van der Waals surface area (Å²) in [6, 6.07) is 9.49. The van der Waals surface area contributed by atoms with Crippen molar-refractivity contribution in [3.8, 4) is 0 Å². The number of rotatable bonds is 11. The van der Waals surface area contributed by atoms with E-state index in [9.17, 15) is 5.11 Å². The van der Waals surface area contributed by atoms with Gasteiger partial charge in [0.25, 0.3) is 0 Å². The van der Waals surface area contributed by atoms with Crippen LogP contribution < -0.4 is 0 Å². The molecule has 0 fully saturated rings. The molecule has 1 rings (SSSR count). The Labute approximate surface area is 129 Å². The summed E-state index contributed by atoms with van der Waals surface area (Å²) in [6.45, 7) is 7.70. The van der Waals surface area contributed by atoms with Crippen LogP contribution in [0.25, 0.3) is 0 Å². The van der Waals surface area contributed by atoms with Crippen LogP contribution in [0.4, 0.5) is 0 Å². The maximum absolute atomic E-state index is 10.8. The van der Waals surface area contributed by atoms with Crippen molar-refractivity contribution in [1.29, 1.82) is 0 Å². The van der Waals surface area contributed by atoms with Gasteiger partial charge in [-0.3, -0.25) is 0 Å². The third-order valence-corrected chi connectivity index (χ3v) is 5.79. The summed E-state index contributed by atoms with van der Waals surface area (Å²) in [7, 11) is -3.15. The van der Waals surface area contributed by atoms with Gasteiger partial charge >= 0.3 is 8.80 Å². The Kier molecular flexibility index (Phi) is 8.80. The second-order valence-electron chi connectivity index (χ2n) is 4.96. The van der Waals surface area contributed by atoms with Crippen molar-refractivity contribution in [3.05, 3.63) is 35.9 Å². The summed E-state index contributed by atoms with van der Waals surface area (Å²) in [5.41, 5.74) is -0.0594. The average Bonchev–Trinajstić information content (AvgIpc) is 2.55. The minimum absolute atomic E-state index is 0.531. The molecule has 1 aromatic rings. The minimum Gasteiger partial charge on any atom is -0.384 e. The Bertz CT molecular complexity index is 350. The van der Waals surface area contributed by atoms with Crippen LogP contribution in [0.3, 0.4) is 0 Å². The van der Waals surface area contributed by atoms with E-state index >= 15 is 0 Å². The molecule has 0 saturated carbocycles.